The molecule has 25 heavy (non-hydrogen) atoms. The van der Waals surface area contributed by atoms with Gasteiger partial charge in [0.05, 0.1) is 17.2 Å². The zero-order valence-corrected chi connectivity index (χ0v) is 14.4. The van der Waals surface area contributed by atoms with E-state index < -0.39 is 10.0 Å². The van der Waals surface area contributed by atoms with E-state index in [9.17, 15) is 13.2 Å². The normalized spacial score (nSPS) is 13.0. The molecule has 132 valence electrons. The van der Waals surface area contributed by atoms with Gasteiger partial charge < -0.3 is 14.8 Å². The van der Waals surface area contributed by atoms with E-state index in [2.05, 4.69) is 10.0 Å². The van der Waals surface area contributed by atoms with Crippen LogP contribution in [0.15, 0.2) is 47.4 Å². The lowest BCUT2D eigenvalue weighted by Gasteiger charge is -2.11. The summed E-state index contributed by atoms with van der Waals surface area (Å²) >= 11 is 0. The van der Waals surface area contributed by atoms with E-state index in [1.807, 2.05) is 0 Å². The molecular formula is C17H18N2O5S. The lowest BCUT2D eigenvalue weighted by molar-refractivity contribution is -0.119. The van der Waals surface area contributed by atoms with Gasteiger partial charge in [0, 0.05) is 19.2 Å². The van der Waals surface area contributed by atoms with Crippen LogP contribution in [-0.2, 0) is 26.0 Å². The molecule has 2 aromatic rings. The third kappa shape index (κ3) is 4.09. The first-order valence-corrected chi connectivity index (χ1v) is 9.14. The lowest BCUT2D eigenvalue weighted by Crippen LogP contribution is -2.17. The van der Waals surface area contributed by atoms with Crippen molar-refractivity contribution in [3.8, 4) is 5.75 Å². The molecule has 0 aromatic heterocycles. The largest absolute Gasteiger partial charge is 0.493 e. The molecule has 0 bridgehead atoms. The highest BCUT2D eigenvalue weighted by molar-refractivity contribution is 7.92. The lowest BCUT2D eigenvalue weighted by atomic mass is 10.2. The molecule has 0 unspecified atom stereocenters. The number of carbonyl (C=O) groups excluding carboxylic acids is 1. The number of hydrogen-bond acceptors (Lipinski definition) is 5. The van der Waals surface area contributed by atoms with Crippen LogP contribution >= 0.6 is 0 Å². The van der Waals surface area contributed by atoms with Crippen molar-refractivity contribution in [2.24, 2.45) is 0 Å². The summed E-state index contributed by atoms with van der Waals surface area (Å²) in [4.78, 5) is 11.7. The molecule has 2 aromatic carbocycles. The Morgan fingerprint density at radius 1 is 1.20 bits per heavy atom. The second-order valence-electron chi connectivity index (χ2n) is 5.54. The van der Waals surface area contributed by atoms with Crippen molar-refractivity contribution in [3.05, 3.63) is 48.0 Å². The smallest absolute Gasteiger partial charge is 0.261 e. The van der Waals surface area contributed by atoms with Gasteiger partial charge in [-0.2, -0.15) is 0 Å². The van der Waals surface area contributed by atoms with Crippen LogP contribution in [0, 0.1) is 0 Å². The summed E-state index contributed by atoms with van der Waals surface area (Å²) in [6, 6.07) is 11.3. The van der Waals surface area contributed by atoms with E-state index >= 15 is 0 Å². The third-order valence-electron chi connectivity index (χ3n) is 3.65. The number of anilines is 2. The second kappa shape index (κ2) is 7.12. The summed E-state index contributed by atoms with van der Waals surface area (Å²) in [7, 11) is -2.31. The number of sulfonamides is 1. The van der Waals surface area contributed by atoms with Crippen molar-refractivity contribution in [1.29, 1.82) is 0 Å². The topological polar surface area (TPSA) is 93.7 Å². The number of fused-ring (bicyclic) bond motifs is 1. The molecule has 8 heteroatoms. The molecule has 0 saturated carbocycles. The number of benzene rings is 2. The number of carbonyl (C=O) groups is 1. The van der Waals surface area contributed by atoms with Gasteiger partial charge in [0.1, 0.15) is 12.4 Å². The first-order valence-electron chi connectivity index (χ1n) is 7.65. The predicted molar refractivity (Wildman–Crippen MR) is 93.4 cm³/mol. The summed E-state index contributed by atoms with van der Waals surface area (Å²) in [5.74, 6) is 0.405. The molecule has 0 fully saturated rings. The van der Waals surface area contributed by atoms with Gasteiger partial charge >= 0.3 is 0 Å². The standard InChI is InChI=1S/C17H18N2O5S/c1-23-11-17(20)18-13-3-2-4-14(10-13)19-25(21,22)15-5-6-16-12(9-15)7-8-24-16/h2-6,9-10,19H,7-8,11H2,1H3,(H,18,20). The van der Waals surface area contributed by atoms with Gasteiger partial charge in [-0.05, 0) is 42.0 Å². The van der Waals surface area contributed by atoms with Crippen LogP contribution in [-0.4, -0.2) is 34.6 Å². The molecule has 0 saturated heterocycles. The van der Waals surface area contributed by atoms with Crippen molar-refractivity contribution >= 4 is 27.3 Å². The number of ether oxygens (including phenoxy) is 2. The van der Waals surface area contributed by atoms with Crippen molar-refractivity contribution in [3.63, 3.8) is 0 Å². The SMILES string of the molecule is COCC(=O)Nc1cccc(NS(=O)(=O)c2ccc3c(c2)CCO3)c1. The van der Waals surface area contributed by atoms with E-state index in [0.717, 1.165) is 11.3 Å². The van der Waals surface area contributed by atoms with Gasteiger partial charge in [-0.15, -0.1) is 0 Å². The van der Waals surface area contributed by atoms with E-state index in [0.29, 0.717) is 24.4 Å². The number of rotatable bonds is 6. The molecule has 0 radical (unpaired) electrons. The molecule has 3 rings (SSSR count). The van der Waals surface area contributed by atoms with Crippen LogP contribution in [0.2, 0.25) is 0 Å². The highest BCUT2D eigenvalue weighted by Crippen LogP contribution is 2.28. The van der Waals surface area contributed by atoms with Crippen LogP contribution in [0.3, 0.4) is 0 Å². The third-order valence-corrected chi connectivity index (χ3v) is 5.02. The Balaban J connectivity index is 1.78. The van der Waals surface area contributed by atoms with Gasteiger partial charge in [0.25, 0.3) is 10.0 Å². The zero-order valence-electron chi connectivity index (χ0n) is 13.6. The minimum atomic E-state index is -3.73. The van der Waals surface area contributed by atoms with Gasteiger partial charge in [-0.25, -0.2) is 8.42 Å². The van der Waals surface area contributed by atoms with Crippen molar-refractivity contribution in [2.75, 3.05) is 30.4 Å². The number of amides is 1. The summed E-state index contributed by atoms with van der Waals surface area (Å²) < 4.78 is 37.8. The van der Waals surface area contributed by atoms with E-state index in [-0.39, 0.29) is 17.4 Å². The monoisotopic (exact) mass is 362 g/mol. The molecule has 1 aliphatic heterocycles. The van der Waals surface area contributed by atoms with Crippen LogP contribution in [0.1, 0.15) is 5.56 Å². The zero-order chi connectivity index (χ0) is 17.9. The van der Waals surface area contributed by atoms with Crippen LogP contribution in [0.4, 0.5) is 11.4 Å². The Bertz CT molecular complexity index is 896. The van der Waals surface area contributed by atoms with Gasteiger partial charge in [0.15, 0.2) is 0 Å². The molecule has 1 aliphatic rings. The van der Waals surface area contributed by atoms with Gasteiger partial charge in [-0.1, -0.05) is 6.07 Å². The number of hydrogen-bond donors (Lipinski definition) is 2. The van der Waals surface area contributed by atoms with E-state index in [1.54, 1.807) is 36.4 Å². The second-order valence-corrected chi connectivity index (χ2v) is 7.22. The Hall–Kier alpha value is -2.58. The van der Waals surface area contributed by atoms with Crippen molar-refractivity contribution in [1.82, 2.24) is 0 Å². The van der Waals surface area contributed by atoms with Crippen molar-refractivity contribution < 1.29 is 22.7 Å². The Labute approximate surface area is 146 Å². The Morgan fingerprint density at radius 3 is 2.80 bits per heavy atom. The van der Waals surface area contributed by atoms with Gasteiger partial charge in [-0.3, -0.25) is 9.52 Å². The fourth-order valence-corrected chi connectivity index (χ4v) is 3.63. The maximum absolute atomic E-state index is 12.6. The average Bonchev–Trinajstić information content (AvgIpc) is 3.02. The molecule has 0 atom stereocenters. The fraction of sp³-hybridized carbons (Fsp3) is 0.235. The Morgan fingerprint density at radius 2 is 2.00 bits per heavy atom. The summed E-state index contributed by atoms with van der Waals surface area (Å²) in [6.45, 7) is 0.489. The summed E-state index contributed by atoms with van der Waals surface area (Å²) in [6.07, 6.45) is 0.694. The number of methoxy groups -OCH3 is 1. The summed E-state index contributed by atoms with van der Waals surface area (Å²) in [5.41, 5.74) is 1.71. The molecule has 7 nitrogen and oxygen atoms in total. The molecule has 2 N–H and O–H groups in total. The van der Waals surface area contributed by atoms with Crippen molar-refractivity contribution in [2.45, 2.75) is 11.3 Å². The fourth-order valence-electron chi connectivity index (χ4n) is 2.53. The maximum Gasteiger partial charge on any atom is 0.261 e. The average molecular weight is 362 g/mol. The Kier molecular flexibility index (Phi) is 4.91. The van der Waals surface area contributed by atoms with Crippen LogP contribution in [0.25, 0.3) is 0 Å². The van der Waals surface area contributed by atoms with E-state index in [1.165, 1.54) is 13.2 Å². The molecule has 0 aliphatic carbocycles. The first kappa shape index (κ1) is 17.2. The molecule has 1 heterocycles. The quantitative estimate of drug-likeness (QED) is 0.820. The first-order chi connectivity index (χ1) is 12.0. The maximum atomic E-state index is 12.6. The highest BCUT2D eigenvalue weighted by Gasteiger charge is 2.19. The summed E-state index contributed by atoms with van der Waals surface area (Å²) in [5, 5.41) is 2.63. The van der Waals surface area contributed by atoms with E-state index in [4.69, 9.17) is 9.47 Å². The predicted octanol–water partition coefficient (Wildman–Crippen LogP) is 2.01. The highest BCUT2D eigenvalue weighted by atomic mass is 32.2. The minimum absolute atomic E-state index is 0.0762. The van der Waals surface area contributed by atoms with Gasteiger partial charge in [0.2, 0.25) is 5.91 Å². The molecular weight excluding hydrogens is 344 g/mol. The molecule has 0 spiro atoms. The minimum Gasteiger partial charge on any atom is -0.493 e. The molecule has 1 amide bonds. The van der Waals surface area contributed by atoms with Crippen LogP contribution in [0.5, 0.6) is 5.75 Å². The van der Waals surface area contributed by atoms with Crippen LogP contribution < -0.4 is 14.8 Å². The number of nitrogens with one attached hydrogen (secondary N) is 2.